The molecule has 0 rings (SSSR count). The smallest absolute Gasteiger partial charge is 0.216 e. The summed E-state index contributed by atoms with van der Waals surface area (Å²) >= 11 is 0. The number of methoxy groups -OCH3 is 1. The number of carbonyl (C=O) groups excluding carboxylic acids is 1. The molecule has 0 atom stereocenters. The van der Waals surface area contributed by atoms with Crippen LogP contribution in [0.2, 0.25) is 0 Å². The lowest BCUT2D eigenvalue weighted by molar-refractivity contribution is -0.119. The zero-order valence-electron chi connectivity index (χ0n) is 14.1. The third-order valence-electron chi connectivity index (χ3n) is 2.85. The van der Waals surface area contributed by atoms with Crippen molar-refractivity contribution in [2.75, 3.05) is 20.3 Å². The van der Waals surface area contributed by atoms with E-state index in [4.69, 9.17) is 9.47 Å². The van der Waals surface area contributed by atoms with E-state index in [1.165, 1.54) is 6.92 Å². The van der Waals surface area contributed by atoms with Crippen molar-refractivity contribution in [3.63, 3.8) is 0 Å². The van der Waals surface area contributed by atoms with Gasteiger partial charge in [-0.25, -0.2) is 0 Å². The van der Waals surface area contributed by atoms with Gasteiger partial charge in [0.15, 0.2) is 0 Å². The molecule has 0 fully saturated rings. The minimum Gasteiger partial charge on any atom is -0.379 e. The van der Waals surface area contributed by atoms with E-state index >= 15 is 0 Å². The fourth-order valence-electron chi connectivity index (χ4n) is 1.29. The lowest BCUT2D eigenvalue weighted by Gasteiger charge is -2.28. The summed E-state index contributed by atoms with van der Waals surface area (Å²) in [5.74, 6) is 0.00122. The average molecular weight is 275 g/mol. The number of hydrogen-bond donors (Lipinski definition) is 1. The van der Waals surface area contributed by atoms with Gasteiger partial charge in [-0.05, 0) is 40.5 Å². The summed E-state index contributed by atoms with van der Waals surface area (Å²) in [6.45, 7) is 15.0. The van der Waals surface area contributed by atoms with E-state index in [0.29, 0.717) is 13.2 Å². The summed E-state index contributed by atoms with van der Waals surface area (Å²) in [5, 5.41) is 2.78. The predicted octanol–water partition coefficient (Wildman–Crippen LogP) is 3.15. The first kappa shape index (κ1) is 20.7. The molecule has 0 saturated heterocycles. The van der Waals surface area contributed by atoms with Crippen molar-refractivity contribution in [1.29, 1.82) is 0 Å². The number of carbonyl (C=O) groups is 1. The Morgan fingerprint density at radius 3 is 2.00 bits per heavy atom. The molecule has 0 aromatic rings. The molecule has 0 aromatic heterocycles. The highest BCUT2D eigenvalue weighted by Gasteiger charge is 2.21. The van der Waals surface area contributed by atoms with Gasteiger partial charge in [-0.2, -0.15) is 0 Å². The second kappa shape index (κ2) is 10.2. The topological polar surface area (TPSA) is 47.6 Å². The lowest BCUT2D eigenvalue weighted by Crippen LogP contribution is -2.33. The van der Waals surface area contributed by atoms with Crippen molar-refractivity contribution in [3.05, 3.63) is 0 Å². The Morgan fingerprint density at radius 1 is 1.05 bits per heavy atom. The Kier molecular flexibility index (Phi) is 11.1. The zero-order valence-corrected chi connectivity index (χ0v) is 14.1. The molecule has 0 aliphatic rings. The van der Waals surface area contributed by atoms with E-state index in [-0.39, 0.29) is 17.1 Å². The summed E-state index contributed by atoms with van der Waals surface area (Å²) < 4.78 is 11.1. The Balaban J connectivity index is 0. The Hall–Kier alpha value is -0.610. The van der Waals surface area contributed by atoms with Gasteiger partial charge in [0, 0.05) is 20.6 Å². The molecule has 0 aliphatic carbocycles. The van der Waals surface area contributed by atoms with Gasteiger partial charge in [0.25, 0.3) is 0 Å². The van der Waals surface area contributed by atoms with Crippen molar-refractivity contribution < 1.29 is 14.3 Å². The summed E-state index contributed by atoms with van der Waals surface area (Å²) in [6.07, 6.45) is 1.66. The molecule has 0 aliphatic heterocycles. The van der Waals surface area contributed by atoms with Gasteiger partial charge in [-0.15, -0.1) is 0 Å². The van der Waals surface area contributed by atoms with Crippen molar-refractivity contribution in [1.82, 2.24) is 5.32 Å². The maximum Gasteiger partial charge on any atom is 0.216 e. The van der Waals surface area contributed by atoms with Gasteiger partial charge in [0.05, 0.1) is 17.8 Å². The van der Waals surface area contributed by atoms with E-state index in [1.807, 2.05) is 41.5 Å². The molecule has 0 aromatic carbocycles. The highest BCUT2D eigenvalue weighted by Crippen LogP contribution is 2.18. The number of nitrogens with one attached hydrogen (secondary N) is 1. The molecule has 116 valence electrons. The predicted molar refractivity (Wildman–Crippen MR) is 80.4 cm³/mol. The Labute approximate surface area is 119 Å². The first-order chi connectivity index (χ1) is 8.68. The molecule has 4 heteroatoms. The number of hydrogen-bond acceptors (Lipinski definition) is 3. The van der Waals surface area contributed by atoms with Crippen LogP contribution in [0.1, 0.15) is 61.3 Å². The third-order valence-corrected chi connectivity index (χ3v) is 2.85. The quantitative estimate of drug-likeness (QED) is 0.740. The van der Waals surface area contributed by atoms with Gasteiger partial charge in [-0.3, -0.25) is 4.79 Å². The van der Waals surface area contributed by atoms with Crippen LogP contribution in [0.5, 0.6) is 0 Å². The van der Waals surface area contributed by atoms with Gasteiger partial charge < -0.3 is 14.8 Å². The van der Waals surface area contributed by atoms with Crippen LogP contribution in [0, 0.1) is 0 Å². The van der Waals surface area contributed by atoms with Crippen molar-refractivity contribution in [3.8, 4) is 0 Å². The van der Waals surface area contributed by atoms with Crippen molar-refractivity contribution in [2.24, 2.45) is 0 Å². The van der Waals surface area contributed by atoms with Crippen LogP contribution in [0.25, 0.3) is 0 Å². The summed E-state index contributed by atoms with van der Waals surface area (Å²) in [5.41, 5.74) is -0.361. The first-order valence-electron chi connectivity index (χ1n) is 7.12. The minimum atomic E-state index is -0.216. The van der Waals surface area contributed by atoms with Crippen LogP contribution in [0.15, 0.2) is 0 Å². The van der Waals surface area contributed by atoms with Gasteiger partial charge in [-0.1, -0.05) is 13.8 Å². The molecule has 1 N–H and O–H groups in total. The van der Waals surface area contributed by atoms with E-state index in [0.717, 1.165) is 12.8 Å². The molecule has 0 saturated carbocycles. The van der Waals surface area contributed by atoms with Crippen molar-refractivity contribution in [2.45, 2.75) is 72.5 Å². The molecule has 19 heavy (non-hydrogen) atoms. The lowest BCUT2D eigenvalue weighted by atomic mass is 10.0. The second-order valence-electron chi connectivity index (χ2n) is 5.55. The molecular formula is C15H33NO3. The standard InChI is InChI=1S/C13H27NO3.C2H6/c1-11(15)14-9-7-13(4,5)17-10-8-12(2,3)16-6;1-2/h7-10H2,1-6H3,(H,14,15);1-2H3. The van der Waals surface area contributed by atoms with Crippen LogP contribution in [0.4, 0.5) is 0 Å². The number of amides is 1. The highest BCUT2D eigenvalue weighted by atomic mass is 16.5. The first-order valence-corrected chi connectivity index (χ1v) is 7.12. The molecule has 4 nitrogen and oxygen atoms in total. The van der Waals surface area contributed by atoms with Crippen molar-refractivity contribution >= 4 is 5.91 Å². The highest BCUT2D eigenvalue weighted by molar-refractivity contribution is 5.72. The van der Waals surface area contributed by atoms with Crippen LogP contribution in [-0.2, 0) is 14.3 Å². The molecular weight excluding hydrogens is 242 g/mol. The molecule has 1 amide bonds. The maximum absolute atomic E-state index is 10.7. The van der Waals surface area contributed by atoms with Gasteiger partial charge >= 0.3 is 0 Å². The molecule has 0 heterocycles. The second-order valence-corrected chi connectivity index (χ2v) is 5.55. The monoisotopic (exact) mass is 275 g/mol. The number of ether oxygens (including phenoxy) is 2. The third kappa shape index (κ3) is 13.6. The normalized spacial score (nSPS) is 11.6. The SMILES string of the molecule is CC.COC(C)(C)CCOC(C)(C)CCNC(C)=O. The zero-order chi connectivity index (χ0) is 15.5. The van der Waals surface area contributed by atoms with E-state index in [2.05, 4.69) is 5.32 Å². The summed E-state index contributed by atoms with van der Waals surface area (Å²) in [6, 6.07) is 0. The van der Waals surface area contributed by atoms with E-state index in [9.17, 15) is 4.79 Å². The molecule has 0 spiro atoms. The summed E-state index contributed by atoms with van der Waals surface area (Å²) in [7, 11) is 1.71. The van der Waals surface area contributed by atoms with Crippen LogP contribution in [-0.4, -0.2) is 37.4 Å². The van der Waals surface area contributed by atoms with Gasteiger partial charge in [0.1, 0.15) is 0 Å². The molecule has 0 unspecified atom stereocenters. The largest absolute Gasteiger partial charge is 0.379 e. The van der Waals surface area contributed by atoms with Crippen LogP contribution in [0.3, 0.4) is 0 Å². The molecule has 0 bridgehead atoms. The van der Waals surface area contributed by atoms with E-state index in [1.54, 1.807) is 7.11 Å². The van der Waals surface area contributed by atoms with Gasteiger partial charge in [0.2, 0.25) is 5.91 Å². The van der Waals surface area contributed by atoms with E-state index < -0.39 is 0 Å². The Bertz CT molecular complexity index is 238. The van der Waals surface area contributed by atoms with Crippen LogP contribution >= 0.6 is 0 Å². The maximum atomic E-state index is 10.7. The number of rotatable bonds is 8. The average Bonchev–Trinajstić information content (AvgIpc) is 2.30. The fraction of sp³-hybridized carbons (Fsp3) is 0.933. The molecule has 0 radical (unpaired) electrons. The summed E-state index contributed by atoms with van der Waals surface area (Å²) in [4.78, 5) is 10.7. The Morgan fingerprint density at radius 2 is 1.58 bits per heavy atom. The fourth-order valence-corrected chi connectivity index (χ4v) is 1.29. The van der Waals surface area contributed by atoms with Crippen LogP contribution < -0.4 is 5.32 Å². The minimum absolute atomic E-state index is 0.00122.